The lowest BCUT2D eigenvalue weighted by atomic mass is 9.80. The lowest BCUT2D eigenvalue weighted by Crippen LogP contribution is -2.32. The first-order valence-electron chi connectivity index (χ1n) is 8.50. The smallest absolute Gasteiger partial charge is 0.0638 e. The predicted molar refractivity (Wildman–Crippen MR) is 94.1 cm³/mol. The molecule has 0 bridgehead atoms. The van der Waals surface area contributed by atoms with Crippen molar-refractivity contribution in [1.82, 2.24) is 0 Å². The summed E-state index contributed by atoms with van der Waals surface area (Å²) in [6.45, 7) is 5.59. The van der Waals surface area contributed by atoms with Crippen molar-refractivity contribution in [3.8, 4) is 11.1 Å². The van der Waals surface area contributed by atoms with Crippen LogP contribution in [0.5, 0.6) is 0 Å². The lowest BCUT2D eigenvalue weighted by Gasteiger charge is -2.32. The Kier molecular flexibility index (Phi) is 5.47. The van der Waals surface area contributed by atoms with Gasteiger partial charge in [0.05, 0.1) is 6.10 Å². The highest BCUT2D eigenvalue weighted by atomic mass is 16.5. The molecule has 2 atom stereocenters. The minimum atomic E-state index is -0.334. The third kappa shape index (κ3) is 3.82. The normalized spacial score (nSPS) is 18.5. The Hall–Kier alpha value is -1.64. The standard InChI is InChI=1S/C21H25O2/c1-2-20(21(22)19-12-14-23-15-13-19)18-10-8-17(9-11-18)16-6-4-3-5-7-16/h3-11,19-22H,1-2,12-15H2. The van der Waals surface area contributed by atoms with E-state index in [4.69, 9.17) is 4.74 Å². The average molecular weight is 309 g/mol. The number of ether oxygens (including phenoxy) is 1. The number of hydrogen-bond acceptors (Lipinski definition) is 2. The molecule has 1 fully saturated rings. The Morgan fingerprint density at radius 3 is 2.17 bits per heavy atom. The molecule has 2 aromatic carbocycles. The van der Waals surface area contributed by atoms with Gasteiger partial charge in [0.2, 0.25) is 0 Å². The van der Waals surface area contributed by atoms with Crippen LogP contribution in [0, 0.1) is 12.8 Å². The van der Waals surface area contributed by atoms with Crippen molar-refractivity contribution in [3.05, 3.63) is 67.1 Å². The van der Waals surface area contributed by atoms with Crippen molar-refractivity contribution in [1.29, 1.82) is 0 Å². The number of aliphatic hydroxyl groups is 1. The van der Waals surface area contributed by atoms with E-state index in [1.807, 2.05) is 6.07 Å². The van der Waals surface area contributed by atoms with Gasteiger partial charge in [-0.25, -0.2) is 0 Å². The lowest BCUT2D eigenvalue weighted by molar-refractivity contribution is -0.00283. The van der Waals surface area contributed by atoms with Crippen molar-refractivity contribution in [2.75, 3.05) is 13.2 Å². The third-order valence-corrected chi connectivity index (χ3v) is 4.92. The molecular weight excluding hydrogens is 284 g/mol. The largest absolute Gasteiger partial charge is 0.392 e. The maximum atomic E-state index is 10.8. The molecule has 2 aromatic rings. The van der Waals surface area contributed by atoms with E-state index in [1.165, 1.54) is 16.7 Å². The number of rotatable bonds is 5. The summed E-state index contributed by atoms with van der Waals surface area (Å²) in [5.41, 5.74) is 3.60. The summed E-state index contributed by atoms with van der Waals surface area (Å²) in [4.78, 5) is 0. The summed E-state index contributed by atoms with van der Waals surface area (Å²) < 4.78 is 5.41. The molecule has 2 unspecified atom stereocenters. The molecule has 0 spiro atoms. The number of aliphatic hydroxyl groups excluding tert-OH is 1. The molecule has 1 N–H and O–H groups in total. The van der Waals surface area contributed by atoms with Gasteiger partial charge in [0, 0.05) is 19.1 Å². The summed E-state index contributed by atoms with van der Waals surface area (Å²) in [5, 5.41) is 10.8. The Morgan fingerprint density at radius 2 is 1.57 bits per heavy atom. The van der Waals surface area contributed by atoms with E-state index in [2.05, 4.69) is 55.5 Å². The van der Waals surface area contributed by atoms with Gasteiger partial charge < -0.3 is 9.84 Å². The number of benzene rings is 2. The molecule has 0 amide bonds. The topological polar surface area (TPSA) is 29.5 Å². The summed E-state index contributed by atoms with van der Waals surface area (Å²) in [6.07, 6.45) is 2.27. The van der Waals surface area contributed by atoms with E-state index < -0.39 is 0 Å². The molecule has 1 heterocycles. The van der Waals surface area contributed by atoms with E-state index in [0.29, 0.717) is 12.3 Å². The summed E-state index contributed by atoms with van der Waals surface area (Å²) in [5.74, 6) is 0.423. The maximum absolute atomic E-state index is 10.8. The summed E-state index contributed by atoms with van der Waals surface area (Å²) >= 11 is 0. The van der Waals surface area contributed by atoms with E-state index >= 15 is 0 Å². The quantitative estimate of drug-likeness (QED) is 0.884. The van der Waals surface area contributed by atoms with Gasteiger partial charge in [-0.3, -0.25) is 0 Å². The van der Waals surface area contributed by atoms with Crippen LogP contribution >= 0.6 is 0 Å². The first-order valence-corrected chi connectivity index (χ1v) is 8.50. The molecule has 1 aliphatic rings. The van der Waals surface area contributed by atoms with Crippen LogP contribution in [0.2, 0.25) is 0 Å². The maximum Gasteiger partial charge on any atom is 0.0638 e. The van der Waals surface area contributed by atoms with Crippen molar-refractivity contribution in [2.45, 2.75) is 31.3 Å². The fourth-order valence-corrected chi connectivity index (χ4v) is 3.47. The molecule has 121 valence electrons. The average Bonchev–Trinajstić information content (AvgIpc) is 2.64. The van der Waals surface area contributed by atoms with E-state index in [1.54, 1.807) is 0 Å². The zero-order chi connectivity index (χ0) is 16.1. The van der Waals surface area contributed by atoms with Gasteiger partial charge in [-0.1, -0.05) is 61.5 Å². The van der Waals surface area contributed by atoms with Crippen LogP contribution in [-0.2, 0) is 4.74 Å². The molecular formula is C21H25O2. The van der Waals surface area contributed by atoms with E-state index in [0.717, 1.165) is 26.1 Å². The molecule has 1 aliphatic heterocycles. The number of hydrogen-bond donors (Lipinski definition) is 1. The Balaban J connectivity index is 1.76. The van der Waals surface area contributed by atoms with Crippen molar-refractivity contribution < 1.29 is 9.84 Å². The molecule has 0 saturated carbocycles. The van der Waals surface area contributed by atoms with Crippen molar-refractivity contribution in [3.63, 3.8) is 0 Å². The van der Waals surface area contributed by atoms with Crippen LogP contribution in [0.15, 0.2) is 54.6 Å². The minimum absolute atomic E-state index is 0.0999. The van der Waals surface area contributed by atoms with Crippen LogP contribution in [-0.4, -0.2) is 24.4 Å². The van der Waals surface area contributed by atoms with Gasteiger partial charge >= 0.3 is 0 Å². The summed E-state index contributed by atoms with van der Waals surface area (Å²) in [7, 11) is 0. The molecule has 1 saturated heterocycles. The Labute approximate surface area is 139 Å². The van der Waals surface area contributed by atoms with Crippen LogP contribution in [0.25, 0.3) is 11.1 Å². The van der Waals surface area contributed by atoms with Crippen molar-refractivity contribution in [2.24, 2.45) is 5.92 Å². The predicted octanol–water partition coefficient (Wildman–Crippen LogP) is 4.45. The Morgan fingerprint density at radius 1 is 0.957 bits per heavy atom. The van der Waals surface area contributed by atoms with Gasteiger partial charge in [-0.2, -0.15) is 0 Å². The highest BCUT2D eigenvalue weighted by Gasteiger charge is 2.29. The van der Waals surface area contributed by atoms with Crippen LogP contribution in [0.4, 0.5) is 0 Å². The van der Waals surface area contributed by atoms with Crippen molar-refractivity contribution >= 4 is 0 Å². The van der Waals surface area contributed by atoms with E-state index in [-0.39, 0.29) is 12.0 Å². The molecule has 2 heteroatoms. The molecule has 2 nitrogen and oxygen atoms in total. The van der Waals surface area contributed by atoms with Gasteiger partial charge in [-0.15, -0.1) is 0 Å². The first kappa shape index (κ1) is 16.2. The first-order chi connectivity index (χ1) is 11.3. The molecule has 1 radical (unpaired) electrons. The monoisotopic (exact) mass is 309 g/mol. The Bertz CT molecular complexity index is 585. The van der Waals surface area contributed by atoms with E-state index in [9.17, 15) is 5.11 Å². The minimum Gasteiger partial charge on any atom is -0.392 e. The zero-order valence-corrected chi connectivity index (χ0v) is 13.5. The molecule has 0 aromatic heterocycles. The van der Waals surface area contributed by atoms with Gasteiger partial charge in [0.15, 0.2) is 0 Å². The fourth-order valence-electron chi connectivity index (χ4n) is 3.47. The van der Waals surface area contributed by atoms with Crippen LogP contribution in [0.3, 0.4) is 0 Å². The highest BCUT2D eigenvalue weighted by Crippen LogP contribution is 2.33. The SMILES string of the molecule is [CH2]CC(c1ccc(-c2ccccc2)cc1)C(O)C1CCOCC1. The molecule has 0 aliphatic carbocycles. The molecule has 23 heavy (non-hydrogen) atoms. The van der Waals surface area contributed by atoms with Crippen LogP contribution in [0.1, 0.15) is 30.7 Å². The highest BCUT2D eigenvalue weighted by molar-refractivity contribution is 5.63. The third-order valence-electron chi connectivity index (χ3n) is 4.92. The second-order valence-electron chi connectivity index (χ2n) is 6.32. The van der Waals surface area contributed by atoms with Gasteiger partial charge in [-0.05, 0) is 41.9 Å². The van der Waals surface area contributed by atoms with Crippen LogP contribution < -0.4 is 0 Å². The molecule has 3 rings (SSSR count). The second kappa shape index (κ2) is 7.76. The second-order valence-corrected chi connectivity index (χ2v) is 6.32. The van der Waals surface area contributed by atoms with Gasteiger partial charge in [0.1, 0.15) is 0 Å². The van der Waals surface area contributed by atoms with Gasteiger partial charge in [0.25, 0.3) is 0 Å². The summed E-state index contributed by atoms with van der Waals surface area (Å²) in [6, 6.07) is 18.9. The zero-order valence-electron chi connectivity index (χ0n) is 13.5. The fraction of sp³-hybridized carbons (Fsp3) is 0.381.